The van der Waals surface area contributed by atoms with Crippen molar-refractivity contribution in [1.29, 1.82) is 0 Å². The topological polar surface area (TPSA) is 92.3 Å². The van der Waals surface area contributed by atoms with Crippen molar-refractivity contribution in [2.75, 3.05) is 6.54 Å². The van der Waals surface area contributed by atoms with Crippen LogP contribution in [-0.2, 0) is 20.0 Å². The summed E-state index contributed by atoms with van der Waals surface area (Å²) in [4.78, 5) is 0.247. The first-order chi connectivity index (χ1) is 14.2. The van der Waals surface area contributed by atoms with Gasteiger partial charge in [0, 0.05) is 6.54 Å². The van der Waals surface area contributed by atoms with Crippen LogP contribution in [0.15, 0.2) is 88.7 Å². The second kappa shape index (κ2) is 9.09. The molecule has 0 bridgehead atoms. The Kier molecular flexibility index (Phi) is 6.72. The molecule has 8 heteroatoms. The van der Waals surface area contributed by atoms with E-state index in [2.05, 4.69) is 9.44 Å². The van der Waals surface area contributed by atoms with Crippen LogP contribution >= 0.6 is 0 Å². The maximum absolute atomic E-state index is 12.9. The quantitative estimate of drug-likeness (QED) is 0.558. The lowest BCUT2D eigenvalue weighted by Crippen LogP contribution is -2.37. The van der Waals surface area contributed by atoms with Crippen molar-refractivity contribution in [2.24, 2.45) is 0 Å². The van der Waals surface area contributed by atoms with E-state index < -0.39 is 26.1 Å². The van der Waals surface area contributed by atoms with E-state index in [0.29, 0.717) is 5.56 Å². The molecule has 0 fully saturated rings. The lowest BCUT2D eigenvalue weighted by atomic mass is 10.1. The Bertz CT molecular complexity index is 1190. The molecule has 0 spiro atoms. The molecular weight excluding hydrogens is 420 g/mol. The van der Waals surface area contributed by atoms with Crippen LogP contribution in [0.25, 0.3) is 0 Å². The highest BCUT2D eigenvalue weighted by atomic mass is 32.2. The van der Waals surface area contributed by atoms with Crippen molar-refractivity contribution < 1.29 is 16.8 Å². The van der Waals surface area contributed by atoms with Gasteiger partial charge in [-0.25, -0.2) is 26.3 Å². The van der Waals surface area contributed by atoms with E-state index in [-0.39, 0.29) is 16.3 Å². The highest BCUT2D eigenvalue weighted by molar-refractivity contribution is 7.90. The zero-order valence-corrected chi connectivity index (χ0v) is 18.4. The Morgan fingerprint density at radius 1 is 0.667 bits per heavy atom. The Morgan fingerprint density at radius 3 is 1.63 bits per heavy atom. The summed E-state index contributed by atoms with van der Waals surface area (Å²) in [6, 6.07) is 21.0. The lowest BCUT2D eigenvalue weighted by molar-refractivity contribution is 0.540. The zero-order valence-electron chi connectivity index (χ0n) is 16.7. The normalized spacial score (nSPS) is 13.1. The molecule has 3 aromatic rings. The van der Waals surface area contributed by atoms with Crippen LogP contribution in [0.1, 0.15) is 22.7 Å². The fraction of sp³-hybridized carbons (Fsp3) is 0.182. The molecule has 30 heavy (non-hydrogen) atoms. The van der Waals surface area contributed by atoms with Gasteiger partial charge in [0.05, 0.1) is 15.8 Å². The zero-order chi connectivity index (χ0) is 21.8. The van der Waals surface area contributed by atoms with Gasteiger partial charge in [-0.05, 0) is 43.7 Å². The number of rotatable bonds is 8. The first-order valence-electron chi connectivity index (χ1n) is 9.38. The number of hydrogen-bond donors (Lipinski definition) is 2. The molecule has 0 saturated carbocycles. The summed E-state index contributed by atoms with van der Waals surface area (Å²) < 4.78 is 56.2. The van der Waals surface area contributed by atoms with Crippen LogP contribution in [0.5, 0.6) is 0 Å². The molecular formula is C22H24N2O4S2. The van der Waals surface area contributed by atoms with Crippen LogP contribution < -0.4 is 9.44 Å². The first kappa shape index (κ1) is 22.2. The fourth-order valence-corrected chi connectivity index (χ4v) is 5.15. The Hall–Kier alpha value is -2.52. The molecule has 6 nitrogen and oxygen atoms in total. The minimum absolute atomic E-state index is 0.121. The van der Waals surface area contributed by atoms with E-state index in [1.165, 1.54) is 24.3 Å². The standard InChI is InChI=1S/C22H24N2O4S2/c1-17-8-12-20(13-9-17)29(25,26)23-16-22(19-6-4-3-5-7-19)24-30(27,28)21-14-10-18(2)11-15-21/h3-15,22-24H,16H2,1-2H3/t22-/m0/s1. The summed E-state index contributed by atoms with van der Waals surface area (Å²) in [5, 5.41) is 0. The number of sulfonamides is 2. The Morgan fingerprint density at radius 2 is 1.13 bits per heavy atom. The maximum Gasteiger partial charge on any atom is 0.241 e. The van der Waals surface area contributed by atoms with E-state index in [9.17, 15) is 16.8 Å². The molecule has 1 atom stereocenters. The summed E-state index contributed by atoms with van der Waals surface area (Å²) in [5.74, 6) is 0. The summed E-state index contributed by atoms with van der Waals surface area (Å²) in [6.45, 7) is 3.61. The van der Waals surface area contributed by atoms with Gasteiger partial charge in [0.1, 0.15) is 0 Å². The van der Waals surface area contributed by atoms with E-state index >= 15 is 0 Å². The first-order valence-corrected chi connectivity index (χ1v) is 12.3. The third-order valence-corrected chi connectivity index (χ3v) is 7.57. The van der Waals surface area contributed by atoms with Gasteiger partial charge in [-0.2, -0.15) is 0 Å². The Labute approximate surface area is 178 Å². The average Bonchev–Trinajstić information content (AvgIpc) is 2.72. The molecule has 0 unspecified atom stereocenters. The molecule has 3 aromatic carbocycles. The van der Waals surface area contributed by atoms with Gasteiger partial charge in [0.25, 0.3) is 0 Å². The fourth-order valence-electron chi connectivity index (χ4n) is 2.88. The van der Waals surface area contributed by atoms with Crippen molar-refractivity contribution in [2.45, 2.75) is 29.7 Å². The number of nitrogens with one attached hydrogen (secondary N) is 2. The third kappa shape index (κ3) is 5.54. The molecule has 2 N–H and O–H groups in total. The highest BCUT2D eigenvalue weighted by Gasteiger charge is 2.24. The van der Waals surface area contributed by atoms with Crippen LogP contribution in [-0.4, -0.2) is 23.4 Å². The number of aryl methyl sites for hydroxylation is 2. The van der Waals surface area contributed by atoms with E-state index in [4.69, 9.17) is 0 Å². The van der Waals surface area contributed by atoms with Crippen LogP contribution in [0, 0.1) is 13.8 Å². The monoisotopic (exact) mass is 444 g/mol. The van der Waals surface area contributed by atoms with Crippen molar-refractivity contribution in [3.05, 3.63) is 95.6 Å². The predicted molar refractivity (Wildman–Crippen MR) is 117 cm³/mol. The van der Waals surface area contributed by atoms with Gasteiger partial charge in [0.15, 0.2) is 0 Å². The van der Waals surface area contributed by atoms with Crippen LogP contribution in [0.4, 0.5) is 0 Å². The van der Waals surface area contributed by atoms with Crippen LogP contribution in [0.2, 0.25) is 0 Å². The van der Waals surface area contributed by atoms with Crippen molar-refractivity contribution in [3.8, 4) is 0 Å². The molecule has 158 valence electrons. The number of hydrogen-bond acceptors (Lipinski definition) is 4. The second-order valence-corrected chi connectivity index (χ2v) is 10.5. The highest BCUT2D eigenvalue weighted by Crippen LogP contribution is 2.19. The Balaban J connectivity index is 1.85. The summed E-state index contributed by atoms with van der Waals surface area (Å²) in [5.41, 5.74) is 2.54. The minimum atomic E-state index is -3.85. The maximum atomic E-state index is 12.9. The lowest BCUT2D eigenvalue weighted by Gasteiger charge is -2.20. The molecule has 0 aliphatic rings. The molecule has 0 aliphatic carbocycles. The minimum Gasteiger partial charge on any atom is -0.209 e. The summed E-state index contributed by atoms with van der Waals surface area (Å²) in [6.07, 6.45) is 0. The van der Waals surface area contributed by atoms with Gasteiger partial charge in [0.2, 0.25) is 20.0 Å². The molecule has 0 radical (unpaired) electrons. The largest absolute Gasteiger partial charge is 0.241 e. The smallest absolute Gasteiger partial charge is 0.209 e. The van der Waals surface area contributed by atoms with Crippen molar-refractivity contribution in [3.63, 3.8) is 0 Å². The molecule has 0 aliphatic heterocycles. The van der Waals surface area contributed by atoms with E-state index in [0.717, 1.165) is 11.1 Å². The predicted octanol–water partition coefficient (Wildman–Crippen LogP) is 3.30. The van der Waals surface area contributed by atoms with Gasteiger partial charge in [-0.1, -0.05) is 65.7 Å². The van der Waals surface area contributed by atoms with Crippen molar-refractivity contribution in [1.82, 2.24) is 9.44 Å². The van der Waals surface area contributed by atoms with Gasteiger partial charge in [-0.3, -0.25) is 0 Å². The molecule has 0 aromatic heterocycles. The van der Waals surface area contributed by atoms with Crippen molar-refractivity contribution >= 4 is 20.0 Å². The second-order valence-electron chi connectivity index (χ2n) is 7.06. The van der Waals surface area contributed by atoms with E-state index in [1.807, 2.05) is 19.9 Å². The SMILES string of the molecule is Cc1ccc(S(=O)(=O)NC[C@H](NS(=O)(=O)c2ccc(C)cc2)c2ccccc2)cc1. The molecule has 0 heterocycles. The van der Waals surface area contributed by atoms with E-state index in [1.54, 1.807) is 48.5 Å². The number of benzene rings is 3. The molecule has 0 saturated heterocycles. The van der Waals surface area contributed by atoms with Gasteiger partial charge in [-0.15, -0.1) is 0 Å². The molecule has 3 rings (SSSR count). The van der Waals surface area contributed by atoms with Gasteiger partial charge >= 0.3 is 0 Å². The van der Waals surface area contributed by atoms with Crippen LogP contribution in [0.3, 0.4) is 0 Å². The van der Waals surface area contributed by atoms with Gasteiger partial charge < -0.3 is 0 Å². The average molecular weight is 445 g/mol. The summed E-state index contributed by atoms with van der Waals surface area (Å²) >= 11 is 0. The molecule has 0 amide bonds. The third-order valence-electron chi connectivity index (χ3n) is 4.64. The summed E-state index contributed by atoms with van der Waals surface area (Å²) in [7, 11) is -7.64.